The van der Waals surface area contributed by atoms with E-state index in [0.29, 0.717) is 5.82 Å². The molecule has 0 saturated carbocycles. The number of aliphatic carboxylic acids is 1. The Bertz CT molecular complexity index is 751. The molecule has 2 saturated heterocycles. The third kappa shape index (κ3) is 3.83. The second-order valence-corrected chi connectivity index (χ2v) is 6.55. The highest BCUT2D eigenvalue weighted by atomic mass is 16.8. The van der Waals surface area contributed by atoms with Gasteiger partial charge in [-0.05, 0) is 19.3 Å². The maximum atomic E-state index is 11.1. The number of carboxylic acid groups (broad SMARTS) is 1. The number of nitrogen functional groups attached to an aromatic ring is 1. The molecule has 1 aromatic heterocycles. The minimum atomic E-state index is -1.84. The van der Waals surface area contributed by atoms with Gasteiger partial charge in [-0.15, -0.1) is 4.73 Å². The second kappa shape index (κ2) is 7.68. The number of nitrogens with zero attached hydrogens (tertiary/aromatic N) is 3. The van der Waals surface area contributed by atoms with Gasteiger partial charge >= 0.3 is 5.97 Å². The van der Waals surface area contributed by atoms with E-state index < -0.39 is 36.7 Å². The highest BCUT2D eigenvalue weighted by molar-refractivity contribution is 5.73. The van der Waals surface area contributed by atoms with Crippen LogP contribution in [0.5, 0.6) is 0 Å². The number of carbonyl (C=O) groups is 1. The van der Waals surface area contributed by atoms with Crippen molar-refractivity contribution >= 4 is 17.6 Å². The van der Waals surface area contributed by atoms with E-state index in [9.17, 15) is 20.1 Å². The number of piperidine rings is 1. The molecule has 27 heavy (non-hydrogen) atoms. The number of carboxylic acids is 1. The van der Waals surface area contributed by atoms with Crippen LogP contribution in [0, 0.1) is 5.41 Å². The van der Waals surface area contributed by atoms with Crippen LogP contribution in [0.25, 0.3) is 0 Å². The first kappa shape index (κ1) is 19.4. The zero-order valence-corrected chi connectivity index (χ0v) is 14.4. The van der Waals surface area contributed by atoms with Crippen LogP contribution in [-0.2, 0) is 9.53 Å². The smallest absolute Gasteiger partial charge is 0.335 e. The maximum Gasteiger partial charge on any atom is 0.335 e. The molecule has 5 atom stereocenters. The molecule has 0 unspecified atom stereocenters. The summed E-state index contributed by atoms with van der Waals surface area (Å²) in [5.41, 5.74) is 5.54. The maximum absolute atomic E-state index is 11.1. The quantitative estimate of drug-likeness (QED) is 0.317. The molecule has 3 rings (SSSR count). The standard InChI is InChI=1S/C15H23N5O7/c16-7-6-8(19-4-2-1-3-5-19)18-15(17)20(7)27-14-11(23)9(21)10(22)12(26-14)13(24)25/h6,9-12,14,17,21-23H,1-5,16H2,(H,24,25)/t9-,10-,11+,12-,14-/m0/s1. The Hall–Kier alpha value is -2.41. The van der Waals surface area contributed by atoms with E-state index in [2.05, 4.69) is 4.98 Å². The number of hydrogen-bond donors (Lipinski definition) is 6. The highest BCUT2D eigenvalue weighted by Gasteiger charge is 2.48. The van der Waals surface area contributed by atoms with Crippen LogP contribution in [0.1, 0.15) is 19.3 Å². The molecule has 1 aromatic rings. The summed E-state index contributed by atoms with van der Waals surface area (Å²) >= 11 is 0. The van der Waals surface area contributed by atoms with Crippen molar-refractivity contribution in [3.8, 4) is 0 Å². The molecule has 0 spiro atoms. The highest BCUT2D eigenvalue weighted by Crippen LogP contribution is 2.22. The van der Waals surface area contributed by atoms with Gasteiger partial charge in [0.05, 0.1) is 0 Å². The van der Waals surface area contributed by atoms with Gasteiger partial charge in [0.1, 0.15) is 29.9 Å². The van der Waals surface area contributed by atoms with Gasteiger partial charge in [0.15, 0.2) is 6.10 Å². The molecule has 2 aliphatic rings. The molecule has 0 aliphatic carbocycles. The monoisotopic (exact) mass is 385 g/mol. The van der Waals surface area contributed by atoms with Crippen LogP contribution in [0.2, 0.25) is 0 Å². The Morgan fingerprint density at radius 2 is 1.89 bits per heavy atom. The molecule has 0 amide bonds. The summed E-state index contributed by atoms with van der Waals surface area (Å²) in [7, 11) is 0. The summed E-state index contributed by atoms with van der Waals surface area (Å²) in [6.45, 7) is 1.59. The van der Waals surface area contributed by atoms with Gasteiger partial charge in [-0.2, -0.15) is 4.98 Å². The average Bonchev–Trinajstić information content (AvgIpc) is 2.64. The fourth-order valence-electron chi connectivity index (χ4n) is 3.14. The molecule has 12 nitrogen and oxygen atoms in total. The van der Waals surface area contributed by atoms with Crippen molar-refractivity contribution in [2.75, 3.05) is 23.7 Å². The molecule has 150 valence electrons. The van der Waals surface area contributed by atoms with Gasteiger partial charge in [-0.3, -0.25) is 5.41 Å². The predicted octanol–water partition coefficient (Wildman–Crippen LogP) is -2.74. The van der Waals surface area contributed by atoms with Gasteiger partial charge in [-0.25, -0.2) is 4.79 Å². The molecule has 12 heteroatoms. The van der Waals surface area contributed by atoms with Crippen LogP contribution < -0.4 is 21.1 Å². The molecule has 0 bridgehead atoms. The van der Waals surface area contributed by atoms with E-state index in [4.69, 9.17) is 25.8 Å². The van der Waals surface area contributed by atoms with Gasteiger partial charge in [0, 0.05) is 19.2 Å². The van der Waals surface area contributed by atoms with Crippen molar-refractivity contribution in [1.82, 2.24) is 9.71 Å². The van der Waals surface area contributed by atoms with E-state index in [1.807, 2.05) is 4.90 Å². The molecule has 7 N–H and O–H groups in total. The van der Waals surface area contributed by atoms with Gasteiger partial charge in [0.25, 0.3) is 11.9 Å². The number of nitrogens with two attached hydrogens (primary N) is 1. The Labute approximate surface area is 153 Å². The topological polar surface area (TPSA) is 187 Å². The number of hydrogen-bond acceptors (Lipinski definition) is 10. The van der Waals surface area contributed by atoms with Crippen molar-refractivity contribution in [3.05, 3.63) is 11.7 Å². The minimum Gasteiger partial charge on any atom is -0.479 e. The van der Waals surface area contributed by atoms with Crippen molar-refractivity contribution in [3.63, 3.8) is 0 Å². The summed E-state index contributed by atoms with van der Waals surface area (Å²) in [5.74, 6) is -1.04. The molecular weight excluding hydrogens is 362 g/mol. The Morgan fingerprint density at radius 1 is 1.22 bits per heavy atom. The van der Waals surface area contributed by atoms with E-state index in [-0.39, 0.29) is 11.4 Å². The van der Waals surface area contributed by atoms with E-state index in [0.717, 1.165) is 37.1 Å². The van der Waals surface area contributed by atoms with Gasteiger partial charge < -0.3 is 40.6 Å². The van der Waals surface area contributed by atoms with Crippen molar-refractivity contribution in [2.45, 2.75) is 50.0 Å². The lowest BCUT2D eigenvalue weighted by Gasteiger charge is -2.38. The van der Waals surface area contributed by atoms with Crippen LogP contribution in [-0.4, -0.2) is 79.9 Å². The first-order chi connectivity index (χ1) is 12.8. The largest absolute Gasteiger partial charge is 0.479 e. The first-order valence-corrected chi connectivity index (χ1v) is 8.58. The van der Waals surface area contributed by atoms with E-state index >= 15 is 0 Å². The normalized spacial score (nSPS) is 31.5. The number of rotatable bonds is 4. The summed E-state index contributed by atoms with van der Waals surface area (Å²) < 4.78 is 5.79. The molecule has 0 aromatic carbocycles. The summed E-state index contributed by atoms with van der Waals surface area (Å²) in [6, 6.07) is 1.50. The van der Waals surface area contributed by atoms with Crippen LogP contribution >= 0.6 is 0 Å². The summed E-state index contributed by atoms with van der Waals surface area (Å²) in [6.07, 6.45) is -5.75. The zero-order chi connectivity index (χ0) is 19.7. The average molecular weight is 385 g/mol. The third-order valence-electron chi connectivity index (χ3n) is 4.63. The molecule has 2 aliphatic heterocycles. The van der Waals surface area contributed by atoms with Crippen LogP contribution in [0.15, 0.2) is 6.07 Å². The number of aromatic nitrogens is 2. The number of ether oxygens (including phenoxy) is 1. The fraction of sp³-hybridized carbons (Fsp3) is 0.667. The number of aliphatic hydroxyl groups excluding tert-OH is 3. The van der Waals surface area contributed by atoms with Gasteiger partial charge in [-0.1, -0.05) is 0 Å². The SMILES string of the molecule is N=c1nc(N2CCCCC2)cc(N)n1O[C@@H]1O[C@H](C(=O)O)[C@@H](O)[C@H](O)[C@H]1O. The predicted molar refractivity (Wildman–Crippen MR) is 89.5 cm³/mol. The minimum absolute atomic E-state index is 0.0149. The van der Waals surface area contributed by atoms with Crippen molar-refractivity contribution in [1.29, 1.82) is 5.41 Å². The Kier molecular flexibility index (Phi) is 5.51. The Balaban J connectivity index is 1.82. The second-order valence-electron chi connectivity index (χ2n) is 6.55. The molecule has 2 fully saturated rings. The molecular formula is C15H23N5O7. The first-order valence-electron chi connectivity index (χ1n) is 8.58. The zero-order valence-electron chi connectivity index (χ0n) is 14.4. The van der Waals surface area contributed by atoms with Crippen LogP contribution in [0.3, 0.4) is 0 Å². The third-order valence-corrected chi connectivity index (χ3v) is 4.63. The van der Waals surface area contributed by atoms with Gasteiger partial charge in [0.2, 0.25) is 0 Å². The lowest BCUT2D eigenvalue weighted by molar-refractivity contribution is -0.294. The number of nitrogens with one attached hydrogen (secondary N) is 1. The van der Waals surface area contributed by atoms with Crippen molar-refractivity contribution < 1.29 is 34.8 Å². The number of aliphatic hydroxyl groups is 3. The fourth-order valence-corrected chi connectivity index (χ4v) is 3.14. The van der Waals surface area contributed by atoms with Crippen molar-refractivity contribution in [2.24, 2.45) is 0 Å². The molecule has 3 heterocycles. The lowest BCUT2D eigenvalue weighted by Crippen LogP contribution is -2.62. The summed E-state index contributed by atoms with van der Waals surface area (Å²) in [4.78, 5) is 22.6. The van der Waals surface area contributed by atoms with E-state index in [1.165, 1.54) is 6.07 Å². The Morgan fingerprint density at radius 3 is 2.48 bits per heavy atom. The number of anilines is 2. The summed E-state index contributed by atoms with van der Waals surface area (Å²) in [5, 5.41) is 46.6. The van der Waals surface area contributed by atoms with E-state index in [1.54, 1.807) is 0 Å². The molecule has 0 radical (unpaired) electrons. The lowest BCUT2D eigenvalue weighted by atomic mass is 9.99. The van der Waals surface area contributed by atoms with Crippen LogP contribution in [0.4, 0.5) is 11.6 Å².